The zero-order valence-electron chi connectivity index (χ0n) is 11.5. The van der Waals surface area contributed by atoms with Gasteiger partial charge in [-0.25, -0.2) is 0 Å². The van der Waals surface area contributed by atoms with E-state index in [1.165, 1.54) is 0 Å². The van der Waals surface area contributed by atoms with Crippen molar-refractivity contribution in [1.82, 2.24) is 4.90 Å². The lowest BCUT2D eigenvalue weighted by Crippen LogP contribution is -2.48. The number of anilines is 2. The highest BCUT2D eigenvalue weighted by Gasteiger charge is 2.26. The number of hydrogen-bond donors (Lipinski definition) is 3. The van der Waals surface area contributed by atoms with E-state index in [9.17, 15) is 9.90 Å². The van der Waals surface area contributed by atoms with Crippen LogP contribution in [0.15, 0.2) is 18.2 Å². The van der Waals surface area contributed by atoms with Crippen molar-refractivity contribution in [3.05, 3.63) is 23.2 Å². The van der Waals surface area contributed by atoms with E-state index in [-0.39, 0.29) is 18.1 Å². The zero-order chi connectivity index (χ0) is 14.7. The summed E-state index contributed by atoms with van der Waals surface area (Å²) in [5.41, 5.74) is 6.72. The molecule has 2 rings (SSSR count). The molecule has 20 heavy (non-hydrogen) atoms. The number of rotatable bonds is 3. The van der Waals surface area contributed by atoms with Crippen LogP contribution < -0.4 is 11.1 Å². The molecule has 4 N–H and O–H groups in total. The number of aliphatic hydroxyl groups is 1. The minimum atomic E-state index is -0.348. The smallest absolute Gasteiger partial charge is 0.241 e. The van der Waals surface area contributed by atoms with E-state index in [1.54, 1.807) is 18.2 Å². The fourth-order valence-corrected chi connectivity index (χ4v) is 2.61. The van der Waals surface area contributed by atoms with Crippen LogP contribution in [0, 0.1) is 0 Å². The van der Waals surface area contributed by atoms with Gasteiger partial charge in [-0.2, -0.15) is 0 Å². The third-order valence-electron chi connectivity index (χ3n) is 3.61. The number of halogens is 1. The number of carbonyl (C=O) groups is 1. The minimum Gasteiger partial charge on any atom is -0.399 e. The summed E-state index contributed by atoms with van der Waals surface area (Å²) in [6.07, 6.45) is 1.36. The maximum atomic E-state index is 12.2. The Bertz CT molecular complexity index is 495. The van der Waals surface area contributed by atoms with Crippen molar-refractivity contribution in [3.8, 4) is 0 Å². The maximum absolute atomic E-state index is 12.2. The van der Waals surface area contributed by atoms with Gasteiger partial charge in [0.15, 0.2) is 0 Å². The predicted octanol–water partition coefficient (Wildman–Crippen LogP) is 1.71. The van der Waals surface area contributed by atoms with Gasteiger partial charge in [-0.05, 0) is 44.5 Å². The number of nitrogens with zero attached hydrogens (tertiary/aromatic N) is 1. The molecule has 1 aliphatic heterocycles. The van der Waals surface area contributed by atoms with Gasteiger partial charge in [0, 0.05) is 12.2 Å². The van der Waals surface area contributed by atoms with Gasteiger partial charge in [-0.3, -0.25) is 9.69 Å². The van der Waals surface area contributed by atoms with Crippen molar-refractivity contribution in [2.75, 3.05) is 24.1 Å². The number of β-amino-alcohol motifs (C(OH)–C–C–N with tert-alkyl or cyclic N) is 1. The summed E-state index contributed by atoms with van der Waals surface area (Å²) >= 11 is 6.04. The highest BCUT2D eigenvalue weighted by molar-refractivity contribution is 6.34. The first-order valence-corrected chi connectivity index (χ1v) is 7.13. The average molecular weight is 298 g/mol. The molecule has 2 atom stereocenters. The van der Waals surface area contributed by atoms with Crippen molar-refractivity contribution < 1.29 is 9.90 Å². The Labute approximate surface area is 123 Å². The molecular formula is C14H20ClN3O2. The van der Waals surface area contributed by atoms with Crippen LogP contribution in [0.3, 0.4) is 0 Å². The molecule has 0 aliphatic carbocycles. The Hall–Kier alpha value is -1.30. The number of aliphatic hydroxyl groups excluding tert-OH is 1. The number of amides is 1. The number of nitrogen functional groups attached to an aromatic ring is 1. The first-order chi connectivity index (χ1) is 9.47. The van der Waals surface area contributed by atoms with Gasteiger partial charge in [-0.15, -0.1) is 0 Å². The predicted molar refractivity (Wildman–Crippen MR) is 80.8 cm³/mol. The molecule has 6 heteroatoms. The highest BCUT2D eigenvalue weighted by atomic mass is 35.5. The molecule has 1 aromatic rings. The van der Waals surface area contributed by atoms with E-state index in [4.69, 9.17) is 17.3 Å². The summed E-state index contributed by atoms with van der Waals surface area (Å²) in [4.78, 5) is 14.2. The van der Waals surface area contributed by atoms with Crippen molar-refractivity contribution in [1.29, 1.82) is 0 Å². The Balaban J connectivity index is 2.00. The summed E-state index contributed by atoms with van der Waals surface area (Å²) in [6, 6.07) is 4.68. The molecule has 0 aromatic heterocycles. The van der Waals surface area contributed by atoms with Crippen LogP contribution >= 0.6 is 11.6 Å². The Morgan fingerprint density at radius 3 is 3.00 bits per heavy atom. The molecule has 1 saturated heterocycles. The van der Waals surface area contributed by atoms with Crippen LogP contribution in [0.5, 0.6) is 0 Å². The quantitative estimate of drug-likeness (QED) is 0.742. The molecule has 0 saturated carbocycles. The molecular weight excluding hydrogens is 278 g/mol. The van der Waals surface area contributed by atoms with E-state index >= 15 is 0 Å². The molecule has 0 spiro atoms. The lowest BCUT2D eigenvalue weighted by atomic mass is 10.1. The number of piperidine rings is 1. The van der Waals surface area contributed by atoms with Crippen molar-refractivity contribution >= 4 is 28.9 Å². The van der Waals surface area contributed by atoms with Gasteiger partial charge in [0.25, 0.3) is 0 Å². The zero-order valence-corrected chi connectivity index (χ0v) is 12.2. The van der Waals surface area contributed by atoms with E-state index < -0.39 is 0 Å². The third-order valence-corrected chi connectivity index (χ3v) is 3.92. The van der Waals surface area contributed by atoms with Gasteiger partial charge >= 0.3 is 0 Å². The van der Waals surface area contributed by atoms with Gasteiger partial charge < -0.3 is 16.2 Å². The van der Waals surface area contributed by atoms with Crippen LogP contribution in [0.4, 0.5) is 11.4 Å². The van der Waals surface area contributed by atoms with E-state index in [2.05, 4.69) is 5.32 Å². The van der Waals surface area contributed by atoms with Crippen LogP contribution in [0.2, 0.25) is 5.02 Å². The molecule has 5 nitrogen and oxygen atoms in total. The fraction of sp³-hybridized carbons (Fsp3) is 0.500. The lowest BCUT2D eigenvalue weighted by molar-refractivity contribution is -0.121. The molecule has 1 aliphatic rings. The van der Waals surface area contributed by atoms with Crippen LogP contribution in [0.1, 0.15) is 19.8 Å². The third kappa shape index (κ3) is 3.62. The van der Waals surface area contributed by atoms with Crippen LogP contribution in [-0.2, 0) is 4.79 Å². The average Bonchev–Trinajstić information content (AvgIpc) is 2.41. The molecule has 0 bridgehead atoms. The summed E-state index contributed by atoms with van der Waals surface area (Å²) in [5, 5.41) is 12.9. The summed E-state index contributed by atoms with van der Waals surface area (Å²) in [5.74, 6) is -0.134. The van der Waals surface area contributed by atoms with Gasteiger partial charge in [0.1, 0.15) is 0 Å². The SMILES string of the molecule is CC(C(=O)Nc1ccc(N)cc1Cl)N1CCCC(O)C1. The second-order valence-corrected chi connectivity index (χ2v) is 5.60. The molecule has 110 valence electrons. The molecule has 1 heterocycles. The normalized spacial score (nSPS) is 21.4. The number of benzene rings is 1. The first-order valence-electron chi connectivity index (χ1n) is 6.75. The van der Waals surface area contributed by atoms with Crippen LogP contribution in [0.25, 0.3) is 0 Å². The molecule has 0 radical (unpaired) electrons. The number of carbonyl (C=O) groups excluding carboxylic acids is 1. The largest absolute Gasteiger partial charge is 0.399 e. The highest BCUT2D eigenvalue weighted by Crippen LogP contribution is 2.24. The fourth-order valence-electron chi connectivity index (χ4n) is 2.37. The monoisotopic (exact) mass is 297 g/mol. The summed E-state index contributed by atoms with van der Waals surface area (Å²) in [7, 11) is 0. The van der Waals surface area contributed by atoms with Crippen LogP contribution in [-0.4, -0.2) is 41.1 Å². The topological polar surface area (TPSA) is 78.6 Å². The lowest BCUT2D eigenvalue weighted by Gasteiger charge is -2.34. The summed E-state index contributed by atoms with van der Waals surface area (Å²) in [6.45, 7) is 3.18. The van der Waals surface area contributed by atoms with E-state index in [1.807, 2.05) is 11.8 Å². The van der Waals surface area contributed by atoms with Crippen molar-refractivity contribution in [3.63, 3.8) is 0 Å². The molecule has 1 amide bonds. The van der Waals surface area contributed by atoms with Crippen molar-refractivity contribution in [2.24, 2.45) is 0 Å². The molecule has 1 fully saturated rings. The first kappa shape index (κ1) is 15.1. The van der Waals surface area contributed by atoms with Crippen molar-refractivity contribution in [2.45, 2.75) is 31.9 Å². The number of nitrogens with two attached hydrogens (primary N) is 1. The standard InChI is InChI=1S/C14H20ClN3O2/c1-9(18-6-2-3-11(19)8-18)14(20)17-13-5-4-10(16)7-12(13)15/h4-5,7,9,11,19H,2-3,6,8,16H2,1H3,(H,17,20). The van der Waals surface area contributed by atoms with Gasteiger partial charge in [0.05, 0.1) is 22.9 Å². The second-order valence-electron chi connectivity index (χ2n) is 5.20. The second kappa shape index (κ2) is 6.43. The van der Waals surface area contributed by atoms with Gasteiger partial charge in [0.2, 0.25) is 5.91 Å². The Morgan fingerprint density at radius 2 is 2.35 bits per heavy atom. The van der Waals surface area contributed by atoms with E-state index in [0.717, 1.165) is 19.4 Å². The number of nitrogens with one attached hydrogen (secondary N) is 1. The van der Waals surface area contributed by atoms with Gasteiger partial charge in [-0.1, -0.05) is 11.6 Å². The Morgan fingerprint density at radius 1 is 1.60 bits per heavy atom. The minimum absolute atomic E-state index is 0.134. The molecule has 1 aromatic carbocycles. The maximum Gasteiger partial charge on any atom is 0.241 e. The summed E-state index contributed by atoms with van der Waals surface area (Å²) < 4.78 is 0. The number of likely N-dealkylation sites (tertiary alicyclic amines) is 1. The number of hydrogen-bond acceptors (Lipinski definition) is 4. The van der Waals surface area contributed by atoms with E-state index in [0.29, 0.717) is 22.9 Å². The molecule has 2 unspecified atom stereocenters. The Kier molecular flexibility index (Phi) is 4.86.